The molecule has 0 radical (unpaired) electrons. The Morgan fingerprint density at radius 1 is 1.32 bits per heavy atom. The first-order chi connectivity index (χ1) is 10.1. The Bertz CT molecular complexity index is 528. The van der Waals surface area contributed by atoms with Crippen molar-refractivity contribution in [1.82, 2.24) is 9.88 Å². The second kappa shape index (κ2) is 6.06. The second-order valence-corrected chi connectivity index (χ2v) is 7.35. The van der Waals surface area contributed by atoms with E-state index in [0.29, 0.717) is 25.9 Å². The molecule has 1 saturated heterocycles. The first-order valence-electron chi connectivity index (χ1n) is 7.16. The molecule has 0 unspecified atom stereocenters. The van der Waals surface area contributed by atoms with Gasteiger partial charge in [0, 0.05) is 29.9 Å². The molecule has 0 aliphatic carbocycles. The molecule has 1 aromatic rings. The number of carbonyl (C=O) groups excluding carboxylic acids is 1. The molecule has 1 N–H and O–H groups in total. The minimum atomic E-state index is -4.40. The van der Waals surface area contributed by atoms with Crippen LogP contribution in [-0.4, -0.2) is 34.9 Å². The van der Waals surface area contributed by atoms with Crippen LogP contribution in [0.4, 0.5) is 18.3 Å². The standard InChI is InChI=1S/C14H20F3N3OS/c1-13(2,3)11(21)20-6-4-9(5-7-20)18-12-19-10(8-22-12)14(15,16)17/h8-9H,4-7H2,1-3H3,(H,18,19). The number of hydrogen-bond acceptors (Lipinski definition) is 4. The van der Waals surface area contributed by atoms with Gasteiger partial charge in [0.25, 0.3) is 0 Å². The smallest absolute Gasteiger partial charge is 0.359 e. The molecule has 0 aromatic carbocycles. The number of halogens is 3. The molecule has 8 heteroatoms. The number of aromatic nitrogens is 1. The van der Waals surface area contributed by atoms with E-state index in [1.165, 1.54) is 0 Å². The summed E-state index contributed by atoms with van der Waals surface area (Å²) in [6.45, 7) is 6.88. The van der Waals surface area contributed by atoms with E-state index >= 15 is 0 Å². The molecule has 1 aliphatic rings. The minimum Gasteiger partial charge on any atom is -0.359 e. The zero-order valence-corrected chi connectivity index (χ0v) is 13.6. The molecule has 22 heavy (non-hydrogen) atoms. The Kier molecular flexibility index (Phi) is 4.70. The van der Waals surface area contributed by atoms with Crippen molar-refractivity contribution in [3.8, 4) is 0 Å². The summed E-state index contributed by atoms with van der Waals surface area (Å²) in [5.41, 5.74) is -1.27. The van der Waals surface area contributed by atoms with Crippen LogP contribution in [-0.2, 0) is 11.0 Å². The number of rotatable bonds is 2. The molecule has 0 saturated carbocycles. The molecular weight excluding hydrogens is 315 g/mol. The van der Waals surface area contributed by atoms with Crippen LogP contribution in [0.3, 0.4) is 0 Å². The fourth-order valence-electron chi connectivity index (χ4n) is 2.35. The zero-order chi connectivity index (χ0) is 16.5. The van der Waals surface area contributed by atoms with Gasteiger partial charge >= 0.3 is 6.18 Å². The topological polar surface area (TPSA) is 45.2 Å². The predicted molar refractivity (Wildman–Crippen MR) is 79.8 cm³/mol. The Balaban J connectivity index is 1.88. The average Bonchev–Trinajstić information content (AvgIpc) is 2.86. The number of likely N-dealkylation sites (tertiary alicyclic amines) is 1. The monoisotopic (exact) mass is 335 g/mol. The van der Waals surface area contributed by atoms with Gasteiger partial charge in [-0.1, -0.05) is 20.8 Å². The molecule has 1 amide bonds. The van der Waals surface area contributed by atoms with Crippen LogP contribution >= 0.6 is 11.3 Å². The quantitative estimate of drug-likeness (QED) is 0.898. The lowest BCUT2D eigenvalue weighted by Gasteiger charge is -2.35. The van der Waals surface area contributed by atoms with Crippen LogP contribution in [0.15, 0.2) is 5.38 Å². The first kappa shape index (κ1) is 17.1. The van der Waals surface area contributed by atoms with Gasteiger partial charge in [-0.05, 0) is 12.8 Å². The second-order valence-electron chi connectivity index (χ2n) is 6.50. The largest absolute Gasteiger partial charge is 0.434 e. The normalized spacial score (nSPS) is 17.6. The van der Waals surface area contributed by atoms with Crippen LogP contribution in [0.1, 0.15) is 39.3 Å². The van der Waals surface area contributed by atoms with Gasteiger partial charge in [0.05, 0.1) is 0 Å². The maximum absolute atomic E-state index is 12.5. The molecular formula is C14H20F3N3OS. The van der Waals surface area contributed by atoms with E-state index in [-0.39, 0.29) is 17.1 Å². The van der Waals surface area contributed by atoms with Crippen molar-refractivity contribution >= 4 is 22.4 Å². The van der Waals surface area contributed by atoms with Crippen molar-refractivity contribution < 1.29 is 18.0 Å². The summed E-state index contributed by atoms with van der Waals surface area (Å²) in [6.07, 6.45) is -2.98. The van der Waals surface area contributed by atoms with E-state index in [9.17, 15) is 18.0 Å². The Morgan fingerprint density at radius 2 is 1.91 bits per heavy atom. The van der Waals surface area contributed by atoms with E-state index < -0.39 is 17.3 Å². The molecule has 1 aromatic heterocycles. The van der Waals surface area contributed by atoms with Crippen molar-refractivity contribution in [3.05, 3.63) is 11.1 Å². The number of nitrogens with one attached hydrogen (secondary N) is 1. The Labute approximate surface area is 131 Å². The summed E-state index contributed by atoms with van der Waals surface area (Å²) >= 11 is 0.959. The summed E-state index contributed by atoms with van der Waals surface area (Å²) < 4.78 is 37.5. The number of thiazole rings is 1. The molecule has 1 fully saturated rings. The highest BCUT2D eigenvalue weighted by atomic mass is 32.1. The lowest BCUT2D eigenvalue weighted by Crippen LogP contribution is -2.46. The lowest BCUT2D eigenvalue weighted by atomic mass is 9.93. The van der Waals surface area contributed by atoms with E-state index in [0.717, 1.165) is 16.7 Å². The predicted octanol–water partition coefficient (Wildman–Crippen LogP) is 3.61. The number of anilines is 1. The molecule has 2 rings (SSSR count). The van der Waals surface area contributed by atoms with Crippen molar-refractivity contribution in [2.75, 3.05) is 18.4 Å². The number of carbonyl (C=O) groups is 1. The van der Waals surface area contributed by atoms with E-state index in [4.69, 9.17) is 0 Å². The van der Waals surface area contributed by atoms with Crippen molar-refractivity contribution in [3.63, 3.8) is 0 Å². The van der Waals surface area contributed by atoms with Gasteiger partial charge in [0.15, 0.2) is 10.8 Å². The van der Waals surface area contributed by atoms with Crippen molar-refractivity contribution in [1.29, 1.82) is 0 Å². The average molecular weight is 335 g/mol. The van der Waals surface area contributed by atoms with Crippen LogP contribution in [0.5, 0.6) is 0 Å². The van der Waals surface area contributed by atoms with Crippen molar-refractivity contribution in [2.24, 2.45) is 5.41 Å². The lowest BCUT2D eigenvalue weighted by molar-refractivity contribution is -0.141. The maximum atomic E-state index is 12.5. The molecule has 0 spiro atoms. The number of alkyl halides is 3. The third-order valence-corrected chi connectivity index (χ3v) is 4.32. The number of amides is 1. The van der Waals surface area contributed by atoms with Gasteiger partial charge in [0.2, 0.25) is 5.91 Å². The van der Waals surface area contributed by atoms with Gasteiger partial charge in [-0.15, -0.1) is 11.3 Å². The summed E-state index contributed by atoms with van der Waals surface area (Å²) in [4.78, 5) is 17.6. The zero-order valence-electron chi connectivity index (χ0n) is 12.8. The highest BCUT2D eigenvalue weighted by Crippen LogP contribution is 2.32. The summed E-state index contributed by atoms with van der Waals surface area (Å²) in [5, 5.41) is 4.34. The van der Waals surface area contributed by atoms with Crippen molar-refractivity contribution in [2.45, 2.75) is 45.8 Å². The van der Waals surface area contributed by atoms with Gasteiger partial charge in [0.1, 0.15) is 0 Å². The number of nitrogens with zero attached hydrogens (tertiary/aromatic N) is 2. The number of hydrogen-bond donors (Lipinski definition) is 1. The highest BCUT2D eigenvalue weighted by molar-refractivity contribution is 7.13. The molecule has 2 heterocycles. The van der Waals surface area contributed by atoms with E-state index in [1.807, 2.05) is 25.7 Å². The molecule has 0 atom stereocenters. The van der Waals surface area contributed by atoms with E-state index in [1.54, 1.807) is 0 Å². The van der Waals surface area contributed by atoms with Gasteiger partial charge < -0.3 is 10.2 Å². The van der Waals surface area contributed by atoms with Gasteiger partial charge in [-0.3, -0.25) is 4.79 Å². The van der Waals surface area contributed by atoms with Crippen LogP contribution in [0.25, 0.3) is 0 Å². The summed E-state index contributed by atoms with van der Waals surface area (Å²) in [6, 6.07) is 0.0521. The SMILES string of the molecule is CC(C)(C)C(=O)N1CCC(Nc2nc(C(F)(F)F)cs2)CC1. The van der Waals surface area contributed by atoms with E-state index in [2.05, 4.69) is 10.3 Å². The fraction of sp³-hybridized carbons (Fsp3) is 0.714. The number of piperidine rings is 1. The first-order valence-corrected chi connectivity index (χ1v) is 8.04. The third kappa shape index (κ3) is 4.12. The summed E-state index contributed by atoms with van der Waals surface area (Å²) in [5.74, 6) is 0.111. The minimum absolute atomic E-state index is 0.0521. The molecule has 0 bridgehead atoms. The van der Waals surface area contributed by atoms with Gasteiger partial charge in [-0.25, -0.2) is 4.98 Å². The highest BCUT2D eigenvalue weighted by Gasteiger charge is 2.34. The van der Waals surface area contributed by atoms with Gasteiger partial charge in [-0.2, -0.15) is 13.2 Å². The van der Waals surface area contributed by atoms with Crippen LogP contribution in [0.2, 0.25) is 0 Å². The third-order valence-electron chi connectivity index (χ3n) is 3.55. The van der Waals surface area contributed by atoms with Crippen LogP contribution in [0, 0.1) is 5.41 Å². The molecule has 124 valence electrons. The summed E-state index contributed by atoms with van der Waals surface area (Å²) in [7, 11) is 0. The molecule has 4 nitrogen and oxygen atoms in total. The fourth-order valence-corrected chi connectivity index (χ4v) is 3.14. The van der Waals surface area contributed by atoms with Crippen LogP contribution < -0.4 is 5.32 Å². The Hall–Kier alpha value is -1.31. The maximum Gasteiger partial charge on any atom is 0.434 e. The molecule has 1 aliphatic heterocycles. The Morgan fingerprint density at radius 3 is 2.36 bits per heavy atom.